The first-order chi connectivity index (χ1) is 8.33. The van der Waals surface area contributed by atoms with E-state index < -0.39 is 17.7 Å². The van der Waals surface area contributed by atoms with E-state index in [0.29, 0.717) is 0 Å². The SMILES string of the molecule is C/C=C/C(=O)C(NC(=O)OC(C)(C)C)C1CCC1. The van der Waals surface area contributed by atoms with Gasteiger partial charge in [0.1, 0.15) is 5.60 Å². The molecule has 1 amide bonds. The minimum Gasteiger partial charge on any atom is -0.444 e. The highest BCUT2D eigenvalue weighted by Gasteiger charge is 2.33. The number of ether oxygens (including phenoxy) is 1. The van der Waals surface area contributed by atoms with E-state index in [-0.39, 0.29) is 11.7 Å². The maximum atomic E-state index is 11.9. The quantitative estimate of drug-likeness (QED) is 0.784. The lowest BCUT2D eigenvalue weighted by atomic mass is 9.78. The Morgan fingerprint density at radius 1 is 1.33 bits per heavy atom. The smallest absolute Gasteiger partial charge is 0.408 e. The average molecular weight is 253 g/mol. The van der Waals surface area contributed by atoms with Crippen molar-refractivity contribution in [2.75, 3.05) is 0 Å². The van der Waals surface area contributed by atoms with Crippen LogP contribution in [0.5, 0.6) is 0 Å². The van der Waals surface area contributed by atoms with Crippen molar-refractivity contribution in [2.24, 2.45) is 5.92 Å². The molecule has 0 aliphatic heterocycles. The summed E-state index contributed by atoms with van der Waals surface area (Å²) in [6.45, 7) is 7.21. The van der Waals surface area contributed by atoms with Crippen LogP contribution in [0.2, 0.25) is 0 Å². The fourth-order valence-corrected chi connectivity index (χ4v) is 1.90. The molecule has 1 aliphatic rings. The van der Waals surface area contributed by atoms with Gasteiger partial charge in [-0.05, 0) is 52.5 Å². The van der Waals surface area contributed by atoms with Crippen molar-refractivity contribution in [2.45, 2.75) is 58.6 Å². The second-order valence-corrected chi connectivity index (χ2v) is 5.72. The first kappa shape index (κ1) is 14.7. The van der Waals surface area contributed by atoms with E-state index in [9.17, 15) is 9.59 Å². The Morgan fingerprint density at radius 3 is 2.33 bits per heavy atom. The molecular formula is C14H23NO3. The lowest BCUT2D eigenvalue weighted by Crippen LogP contribution is -2.49. The molecule has 0 saturated heterocycles. The fourth-order valence-electron chi connectivity index (χ4n) is 1.90. The summed E-state index contributed by atoms with van der Waals surface area (Å²) in [7, 11) is 0. The molecule has 4 heteroatoms. The van der Waals surface area contributed by atoms with Gasteiger partial charge in [0.2, 0.25) is 0 Å². The van der Waals surface area contributed by atoms with E-state index in [0.717, 1.165) is 19.3 Å². The molecule has 1 atom stereocenters. The largest absolute Gasteiger partial charge is 0.444 e. The normalized spacial score (nSPS) is 18.2. The number of hydrogen-bond acceptors (Lipinski definition) is 3. The summed E-state index contributed by atoms with van der Waals surface area (Å²) in [6, 6.07) is -0.440. The molecule has 1 fully saturated rings. The topological polar surface area (TPSA) is 55.4 Å². The van der Waals surface area contributed by atoms with Crippen molar-refractivity contribution in [1.29, 1.82) is 0 Å². The molecule has 1 unspecified atom stereocenters. The highest BCUT2D eigenvalue weighted by atomic mass is 16.6. The van der Waals surface area contributed by atoms with Crippen molar-refractivity contribution < 1.29 is 14.3 Å². The Labute approximate surface area is 109 Å². The first-order valence-electron chi connectivity index (χ1n) is 6.49. The van der Waals surface area contributed by atoms with Crippen molar-refractivity contribution >= 4 is 11.9 Å². The van der Waals surface area contributed by atoms with Gasteiger partial charge in [0, 0.05) is 0 Å². The third-order valence-electron chi connectivity index (χ3n) is 2.93. The van der Waals surface area contributed by atoms with Crippen LogP contribution in [0.3, 0.4) is 0 Å². The third kappa shape index (κ3) is 4.51. The van der Waals surface area contributed by atoms with Crippen LogP contribution in [0.25, 0.3) is 0 Å². The molecule has 0 aromatic rings. The van der Waals surface area contributed by atoms with Crippen molar-refractivity contribution in [3.05, 3.63) is 12.2 Å². The van der Waals surface area contributed by atoms with Crippen LogP contribution >= 0.6 is 0 Å². The van der Waals surface area contributed by atoms with Gasteiger partial charge in [-0.25, -0.2) is 4.79 Å². The van der Waals surface area contributed by atoms with Gasteiger partial charge in [-0.3, -0.25) is 4.79 Å². The van der Waals surface area contributed by atoms with Gasteiger partial charge in [-0.2, -0.15) is 0 Å². The van der Waals surface area contributed by atoms with E-state index >= 15 is 0 Å². The van der Waals surface area contributed by atoms with Gasteiger partial charge in [0.15, 0.2) is 5.78 Å². The molecule has 0 radical (unpaired) electrons. The number of carbonyl (C=O) groups excluding carboxylic acids is 2. The number of rotatable bonds is 4. The monoisotopic (exact) mass is 253 g/mol. The maximum absolute atomic E-state index is 11.9. The number of alkyl carbamates (subject to hydrolysis) is 1. The van der Waals surface area contributed by atoms with Crippen molar-refractivity contribution in [3.8, 4) is 0 Å². The molecule has 0 aromatic heterocycles. The van der Waals surface area contributed by atoms with E-state index in [1.807, 2.05) is 0 Å². The lowest BCUT2D eigenvalue weighted by molar-refractivity contribution is -0.118. The first-order valence-corrected chi connectivity index (χ1v) is 6.49. The van der Waals surface area contributed by atoms with Gasteiger partial charge >= 0.3 is 6.09 Å². The highest BCUT2D eigenvalue weighted by molar-refractivity contribution is 5.96. The molecule has 0 aromatic carbocycles. The molecule has 1 aliphatic carbocycles. The number of nitrogens with one attached hydrogen (secondary N) is 1. The lowest BCUT2D eigenvalue weighted by Gasteiger charge is -2.33. The second-order valence-electron chi connectivity index (χ2n) is 5.72. The summed E-state index contributed by atoms with van der Waals surface area (Å²) in [5.74, 6) is 0.203. The maximum Gasteiger partial charge on any atom is 0.408 e. The Bertz CT molecular complexity index is 337. The second kappa shape index (κ2) is 6.03. The Kier molecular flexibility index (Phi) is 4.93. The minimum absolute atomic E-state index is 0.0481. The average Bonchev–Trinajstić information content (AvgIpc) is 2.11. The van der Waals surface area contributed by atoms with Crippen molar-refractivity contribution in [1.82, 2.24) is 5.32 Å². The predicted octanol–water partition coefficient (Wildman–Crippen LogP) is 2.83. The number of hydrogen-bond donors (Lipinski definition) is 1. The summed E-state index contributed by atoms with van der Waals surface area (Å²) in [5, 5.41) is 2.70. The zero-order valence-electron chi connectivity index (χ0n) is 11.7. The molecule has 18 heavy (non-hydrogen) atoms. The highest BCUT2D eigenvalue weighted by Crippen LogP contribution is 2.30. The zero-order chi connectivity index (χ0) is 13.8. The number of amides is 1. The predicted molar refractivity (Wildman–Crippen MR) is 70.3 cm³/mol. The summed E-state index contributed by atoms with van der Waals surface area (Å²) in [5.41, 5.74) is -0.544. The number of carbonyl (C=O) groups is 2. The van der Waals surface area contributed by atoms with Gasteiger partial charge in [-0.15, -0.1) is 0 Å². The van der Waals surface area contributed by atoms with Gasteiger partial charge in [0.25, 0.3) is 0 Å². The Hall–Kier alpha value is -1.32. The zero-order valence-corrected chi connectivity index (χ0v) is 11.7. The molecule has 4 nitrogen and oxygen atoms in total. The molecule has 1 rings (SSSR count). The van der Waals surface area contributed by atoms with Crippen LogP contribution in [0.4, 0.5) is 4.79 Å². The van der Waals surface area contributed by atoms with Gasteiger partial charge < -0.3 is 10.1 Å². The molecule has 0 bridgehead atoms. The van der Waals surface area contributed by atoms with Crippen LogP contribution in [-0.4, -0.2) is 23.5 Å². The Balaban J connectivity index is 2.61. The summed E-state index contributed by atoms with van der Waals surface area (Å²) in [4.78, 5) is 23.6. The fraction of sp³-hybridized carbons (Fsp3) is 0.714. The van der Waals surface area contributed by atoms with E-state index in [1.165, 1.54) is 6.08 Å². The van der Waals surface area contributed by atoms with Crippen LogP contribution in [-0.2, 0) is 9.53 Å². The van der Waals surface area contributed by atoms with Crippen LogP contribution in [0.15, 0.2) is 12.2 Å². The van der Waals surface area contributed by atoms with E-state index in [4.69, 9.17) is 4.74 Å². The standard InChI is InChI=1S/C14H23NO3/c1-5-7-11(16)12(10-8-6-9-10)15-13(17)18-14(2,3)4/h5,7,10,12H,6,8-9H2,1-4H3,(H,15,17)/b7-5+. The molecule has 0 spiro atoms. The van der Waals surface area contributed by atoms with Gasteiger partial charge in [0.05, 0.1) is 6.04 Å². The number of ketones is 1. The van der Waals surface area contributed by atoms with Crippen LogP contribution in [0.1, 0.15) is 47.0 Å². The molecular weight excluding hydrogens is 230 g/mol. The van der Waals surface area contributed by atoms with Crippen LogP contribution in [0, 0.1) is 5.92 Å². The van der Waals surface area contributed by atoms with Gasteiger partial charge in [-0.1, -0.05) is 12.5 Å². The summed E-state index contributed by atoms with van der Waals surface area (Å²) >= 11 is 0. The third-order valence-corrected chi connectivity index (χ3v) is 2.93. The molecule has 1 saturated carbocycles. The summed E-state index contributed by atoms with van der Waals surface area (Å²) < 4.78 is 5.19. The van der Waals surface area contributed by atoms with E-state index in [1.54, 1.807) is 33.8 Å². The van der Waals surface area contributed by atoms with Crippen LogP contribution < -0.4 is 5.32 Å². The van der Waals surface area contributed by atoms with E-state index in [2.05, 4.69) is 5.32 Å². The molecule has 0 heterocycles. The molecule has 1 N–H and O–H groups in total. The van der Waals surface area contributed by atoms with Crippen molar-refractivity contribution in [3.63, 3.8) is 0 Å². The molecule has 102 valence electrons. The number of allylic oxidation sites excluding steroid dienone is 1. The Morgan fingerprint density at radius 2 is 1.94 bits per heavy atom. The minimum atomic E-state index is -0.544. The summed E-state index contributed by atoms with van der Waals surface area (Å²) in [6.07, 6.45) is 5.80.